The van der Waals surface area contributed by atoms with Gasteiger partial charge in [-0.1, -0.05) is 42.0 Å². The zero-order chi connectivity index (χ0) is 23.5. The summed E-state index contributed by atoms with van der Waals surface area (Å²) in [5, 5.41) is 21.7. The number of allylic oxidation sites excluding steroid dienone is 5. The van der Waals surface area contributed by atoms with Crippen LogP contribution in [0.25, 0.3) is 5.57 Å². The number of nitrogens with zero attached hydrogens (tertiary/aromatic N) is 2. The Morgan fingerprint density at radius 1 is 1.18 bits per heavy atom. The van der Waals surface area contributed by atoms with Crippen LogP contribution in [0, 0.1) is 5.92 Å². The minimum absolute atomic E-state index is 0.0321. The van der Waals surface area contributed by atoms with Gasteiger partial charge in [0, 0.05) is 47.9 Å². The summed E-state index contributed by atoms with van der Waals surface area (Å²) >= 11 is 6.01. The fourth-order valence-electron chi connectivity index (χ4n) is 4.90. The third kappa shape index (κ3) is 4.75. The number of aromatic nitrogens is 1. The van der Waals surface area contributed by atoms with Gasteiger partial charge in [-0.3, -0.25) is 0 Å². The molecule has 1 atom stereocenters. The number of benzene rings is 1. The average Bonchev–Trinajstić information content (AvgIpc) is 3.02. The predicted octanol–water partition coefficient (Wildman–Crippen LogP) is 4.87. The van der Waals surface area contributed by atoms with Gasteiger partial charge < -0.3 is 19.8 Å². The maximum atomic E-state index is 11.1. The predicted molar refractivity (Wildman–Crippen MR) is 134 cm³/mol. The first-order valence-electron chi connectivity index (χ1n) is 11.8. The Morgan fingerprint density at radius 2 is 1.97 bits per heavy atom. The molecule has 176 valence electrons. The van der Waals surface area contributed by atoms with E-state index in [0.29, 0.717) is 23.7 Å². The van der Waals surface area contributed by atoms with Gasteiger partial charge >= 0.3 is 0 Å². The lowest BCUT2D eigenvalue weighted by atomic mass is 9.84. The summed E-state index contributed by atoms with van der Waals surface area (Å²) in [6.45, 7) is 2.63. The van der Waals surface area contributed by atoms with E-state index in [-0.39, 0.29) is 12.5 Å². The average molecular weight is 477 g/mol. The second-order valence-electron chi connectivity index (χ2n) is 9.09. The van der Waals surface area contributed by atoms with Gasteiger partial charge in [-0.05, 0) is 66.8 Å². The van der Waals surface area contributed by atoms with Gasteiger partial charge in [0.2, 0.25) is 5.88 Å². The van der Waals surface area contributed by atoms with Crippen LogP contribution in [-0.2, 0) is 5.60 Å². The minimum atomic E-state index is -0.788. The van der Waals surface area contributed by atoms with E-state index >= 15 is 0 Å². The van der Waals surface area contributed by atoms with Gasteiger partial charge in [-0.15, -0.1) is 0 Å². The molecule has 1 saturated heterocycles. The molecule has 2 aromatic rings. The molecular weight excluding hydrogens is 448 g/mol. The van der Waals surface area contributed by atoms with Crippen LogP contribution in [-0.4, -0.2) is 46.3 Å². The van der Waals surface area contributed by atoms with Crippen molar-refractivity contribution in [3.63, 3.8) is 0 Å². The fraction of sp³-hybridized carbons (Fsp3) is 0.321. The van der Waals surface area contributed by atoms with Gasteiger partial charge in [0.05, 0.1) is 12.2 Å². The van der Waals surface area contributed by atoms with Crippen molar-refractivity contribution in [3.8, 4) is 5.88 Å². The van der Waals surface area contributed by atoms with E-state index in [2.05, 4.69) is 22.0 Å². The molecule has 1 aliphatic carbocycles. The Hall–Kier alpha value is -2.70. The molecule has 0 radical (unpaired) electrons. The third-order valence-electron chi connectivity index (χ3n) is 6.95. The number of piperidine rings is 1. The van der Waals surface area contributed by atoms with Gasteiger partial charge in [-0.25, -0.2) is 4.98 Å². The maximum absolute atomic E-state index is 11.1. The molecule has 3 aliphatic rings. The summed E-state index contributed by atoms with van der Waals surface area (Å²) in [6, 6.07) is 11.5. The molecule has 2 N–H and O–H groups in total. The number of likely N-dealkylation sites (tertiary alicyclic amines) is 1. The van der Waals surface area contributed by atoms with Crippen LogP contribution in [0.1, 0.15) is 30.4 Å². The number of pyridine rings is 1. The Balaban J connectivity index is 1.29. The normalized spacial score (nSPS) is 22.8. The molecule has 5 nitrogen and oxygen atoms in total. The van der Waals surface area contributed by atoms with Gasteiger partial charge in [-0.2, -0.15) is 0 Å². The molecule has 6 heteroatoms. The second kappa shape index (κ2) is 9.88. The zero-order valence-corrected chi connectivity index (χ0v) is 19.8. The first-order valence-corrected chi connectivity index (χ1v) is 12.2. The van der Waals surface area contributed by atoms with Crippen molar-refractivity contribution in [1.29, 1.82) is 0 Å². The van der Waals surface area contributed by atoms with Crippen molar-refractivity contribution in [2.45, 2.75) is 24.9 Å². The van der Waals surface area contributed by atoms with Crippen LogP contribution < -0.4 is 4.74 Å². The summed E-state index contributed by atoms with van der Waals surface area (Å²) in [5.74, 6) is 1.23. The van der Waals surface area contributed by atoms with Crippen molar-refractivity contribution in [2.24, 2.45) is 5.92 Å². The standard InChI is InChI=1S/C28H29ClN2O3/c29-23-10-8-22(9-11-23)28(33)12-16-31(17-13-28)15-3-5-20-18-25-21(19-32)4-1-7-26(25)34-27-24(20)6-2-14-30-27/h1-2,4-11,14,18,21,32-33H,3,12-13,15-17,19H2. The number of aliphatic hydroxyl groups is 2. The number of halogens is 1. The van der Waals surface area contributed by atoms with Crippen LogP contribution in [0.2, 0.25) is 5.02 Å². The largest absolute Gasteiger partial charge is 0.438 e. The van der Waals surface area contributed by atoms with Crippen molar-refractivity contribution >= 4 is 17.2 Å². The summed E-state index contributed by atoms with van der Waals surface area (Å²) in [5.41, 5.74) is 3.14. The van der Waals surface area contributed by atoms with E-state index in [0.717, 1.165) is 54.1 Å². The molecule has 1 aromatic carbocycles. The lowest BCUT2D eigenvalue weighted by Crippen LogP contribution is -2.42. The second-order valence-corrected chi connectivity index (χ2v) is 9.53. The zero-order valence-electron chi connectivity index (χ0n) is 19.0. The van der Waals surface area contributed by atoms with Crippen molar-refractivity contribution < 1.29 is 14.9 Å². The molecule has 1 fully saturated rings. The molecule has 34 heavy (non-hydrogen) atoms. The third-order valence-corrected chi connectivity index (χ3v) is 7.20. The molecule has 1 aromatic heterocycles. The van der Waals surface area contributed by atoms with Crippen molar-refractivity contribution in [3.05, 3.63) is 100 Å². The lowest BCUT2D eigenvalue weighted by molar-refractivity contribution is -0.0254. The van der Waals surface area contributed by atoms with Crippen LogP contribution in [0.4, 0.5) is 0 Å². The summed E-state index contributed by atoms with van der Waals surface area (Å²) in [7, 11) is 0. The molecule has 2 aliphatic heterocycles. The molecule has 0 saturated carbocycles. The van der Waals surface area contributed by atoms with E-state index in [1.54, 1.807) is 6.20 Å². The Labute approximate surface area is 205 Å². The quantitative estimate of drug-likeness (QED) is 0.644. The number of aliphatic hydroxyl groups excluding tert-OH is 1. The molecule has 3 heterocycles. The monoisotopic (exact) mass is 476 g/mol. The van der Waals surface area contributed by atoms with Crippen LogP contribution in [0.3, 0.4) is 0 Å². The highest BCUT2D eigenvalue weighted by molar-refractivity contribution is 6.30. The van der Waals surface area contributed by atoms with E-state index in [4.69, 9.17) is 16.3 Å². The Morgan fingerprint density at radius 3 is 2.74 bits per heavy atom. The minimum Gasteiger partial charge on any atom is -0.438 e. The summed E-state index contributed by atoms with van der Waals surface area (Å²) < 4.78 is 6.12. The van der Waals surface area contributed by atoms with Gasteiger partial charge in [0.15, 0.2) is 0 Å². The topological polar surface area (TPSA) is 65.8 Å². The number of hydrogen-bond acceptors (Lipinski definition) is 5. The highest BCUT2D eigenvalue weighted by atomic mass is 35.5. The smallest absolute Gasteiger partial charge is 0.227 e. The molecule has 1 unspecified atom stereocenters. The van der Waals surface area contributed by atoms with Gasteiger partial charge in [0.25, 0.3) is 0 Å². The lowest BCUT2D eigenvalue weighted by Gasteiger charge is -2.38. The Bertz CT molecular complexity index is 1160. The van der Waals surface area contributed by atoms with E-state index in [1.807, 2.05) is 54.6 Å². The summed E-state index contributed by atoms with van der Waals surface area (Å²) in [4.78, 5) is 6.85. The van der Waals surface area contributed by atoms with Crippen LogP contribution >= 0.6 is 11.6 Å². The van der Waals surface area contributed by atoms with Crippen molar-refractivity contribution in [2.75, 3.05) is 26.2 Å². The molecular formula is C28H29ClN2O3. The molecule has 0 amide bonds. The number of hydrogen-bond donors (Lipinski definition) is 2. The van der Waals surface area contributed by atoms with E-state index in [9.17, 15) is 10.2 Å². The fourth-order valence-corrected chi connectivity index (χ4v) is 5.02. The van der Waals surface area contributed by atoms with E-state index < -0.39 is 5.60 Å². The summed E-state index contributed by atoms with van der Waals surface area (Å²) in [6.07, 6.45) is 14.2. The first-order chi connectivity index (χ1) is 16.6. The highest BCUT2D eigenvalue weighted by Gasteiger charge is 2.33. The molecule has 5 rings (SSSR count). The first kappa shape index (κ1) is 23.1. The number of fused-ring (bicyclic) bond motifs is 2. The molecule has 0 spiro atoms. The van der Waals surface area contributed by atoms with Gasteiger partial charge in [0.1, 0.15) is 5.76 Å². The van der Waals surface area contributed by atoms with E-state index in [1.165, 1.54) is 0 Å². The number of ether oxygens (including phenoxy) is 1. The number of rotatable bonds is 5. The molecule has 0 bridgehead atoms. The van der Waals surface area contributed by atoms with Crippen LogP contribution in [0.15, 0.2) is 84.3 Å². The maximum Gasteiger partial charge on any atom is 0.227 e. The van der Waals surface area contributed by atoms with Crippen molar-refractivity contribution in [1.82, 2.24) is 9.88 Å². The Kier molecular flexibility index (Phi) is 6.70. The highest BCUT2D eigenvalue weighted by Crippen LogP contribution is 2.38. The SMILES string of the molecule is OCC1C=CC=C2Oc3ncccc3C(=CCCN3CCC(O)(c4ccc(Cl)cc4)CC3)C=C21. The van der Waals surface area contributed by atoms with Crippen LogP contribution in [0.5, 0.6) is 5.88 Å².